The van der Waals surface area contributed by atoms with Crippen molar-refractivity contribution in [3.63, 3.8) is 0 Å². The van der Waals surface area contributed by atoms with Crippen LogP contribution in [0, 0.1) is 5.92 Å². The Balaban J connectivity index is 1.63. The number of carboxylic acid groups (broad SMARTS) is 1. The monoisotopic (exact) mass is 516 g/mol. The molecule has 4 rings (SSSR count). The third kappa shape index (κ3) is 6.30. The van der Waals surface area contributed by atoms with E-state index < -0.39 is 5.97 Å². The quantitative estimate of drug-likeness (QED) is 0.479. The summed E-state index contributed by atoms with van der Waals surface area (Å²) in [7, 11) is 2.01. The number of nitrogens with zero attached hydrogens (tertiary/aromatic N) is 2. The van der Waals surface area contributed by atoms with Crippen LogP contribution < -0.4 is 0 Å². The van der Waals surface area contributed by atoms with Crippen LogP contribution in [-0.2, 0) is 17.9 Å². The molecular formula is C31H36N2O5. The van der Waals surface area contributed by atoms with Gasteiger partial charge in [0.25, 0.3) is 5.91 Å². The maximum Gasteiger partial charge on any atom is 0.335 e. The highest BCUT2D eigenvalue weighted by Crippen LogP contribution is 2.31. The largest absolute Gasteiger partial charge is 0.478 e. The number of benzene rings is 3. The number of carboxylic acids is 1. The Labute approximate surface area is 224 Å². The van der Waals surface area contributed by atoms with Gasteiger partial charge in [0.2, 0.25) is 0 Å². The Morgan fingerprint density at radius 3 is 2.32 bits per heavy atom. The van der Waals surface area contributed by atoms with Gasteiger partial charge >= 0.3 is 5.97 Å². The number of hydrogen-bond acceptors (Lipinski definition) is 5. The van der Waals surface area contributed by atoms with Crippen LogP contribution in [0.25, 0.3) is 11.1 Å². The Bertz CT molecular complexity index is 1260. The molecule has 200 valence electrons. The highest BCUT2D eigenvalue weighted by Gasteiger charge is 2.30. The van der Waals surface area contributed by atoms with Gasteiger partial charge in [-0.2, -0.15) is 0 Å². The van der Waals surface area contributed by atoms with E-state index in [1.165, 1.54) is 0 Å². The first-order valence-corrected chi connectivity index (χ1v) is 13.0. The molecule has 7 nitrogen and oxygen atoms in total. The van der Waals surface area contributed by atoms with Crippen molar-refractivity contribution < 1.29 is 24.5 Å². The number of aromatic carboxylic acids is 1. The van der Waals surface area contributed by atoms with Crippen LogP contribution in [0.1, 0.15) is 45.7 Å². The fourth-order valence-corrected chi connectivity index (χ4v) is 4.99. The summed E-state index contributed by atoms with van der Waals surface area (Å²) in [5, 5.41) is 19.2. The van der Waals surface area contributed by atoms with E-state index in [1.54, 1.807) is 17.0 Å². The topological polar surface area (TPSA) is 90.3 Å². The van der Waals surface area contributed by atoms with Gasteiger partial charge in [-0.1, -0.05) is 61.5 Å². The van der Waals surface area contributed by atoms with E-state index in [0.29, 0.717) is 31.8 Å². The minimum atomic E-state index is -0.941. The van der Waals surface area contributed by atoms with Crippen molar-refractivity contribution in [1.29, 1.82) is 0 Å². The molecule has 0 aromatic heterocycles. The lowest BCUT2D eigenvalue weighted by molar-refractivity contribution is -0.0241. The van der Waals surface area contributed by atoms with Crippen LogP contribution in [0.2, 0.25) is 0 Å². The van der Waals surface area contributed by atoms with Gasteiger partial charge in [-0.25, -0.2) is 4.79 Å². The Kier molecular flexibility index (Phi) is 8.94. The number of fused-ring (bicyclic) bond motifs is 3. The van der Waals surface area contributed by atoms with Crippen molar-refractivity contribution in [1.82, 2.24) is 9.80 Å². The summed E-state index contributed by atoms with van der Waals surface area (Å²) in [6.45, 7) is 5.91. The summed E-state index contributed by atoms with van der Waals surface area (Å²) >= 11 is 0. The molecule has 0 fully saturated rings. The van der Waals surface area contributed by atoms with Crippen molar-refractivity contribution in [3.8, 4) is 11.1 Å². The zero-order valence-electron chi connectivity index (χ0n) is 22.2. The van der Waals surface area contributed by atoms with E-state index in [2.05, 4.69) is 11.8 Å². The predicted octanol–water partition coefficient (Wildman–Crippen LogP) is 4.54. The smallest absolute Gasteiger partial charge is 0.335 e. The Morgan fingerprint density at radius 2 is 1.66 bits per heavy atom. The second-order valence-corrected chi connectivity index (χ2v) is 10.2. The third-order valence-electron chi connectivity index (χ3n) is 7.24. The summed E-state index contributed by atoms with van der Waals surface area (Å²) in [4.78, 5) is 29.0. The Hall–Kier alpha value is -3.52. The lowest BCUT2D eigenvalue weighted by atomic mass is 9.94. The van der Waals surface area contributed by atoms with Gasteiger partial charge in [-0.15, -0.1) is 0 Å². The van der Waals surface area contributed by atoms with Gasteiger partial charge in [0.05, 0.1) is 30.9 Å². The number of carbonyl (C=O) groups excluding carboxylic acids is 1. The highest BCUT2D eigenvalue weighted by atomic mass is 16.5. The maximum atomic E-state index is 13.9. The van der Waals surface area contributed by atoms with E-state index in [0.717, 1.165) is 22.3 Å². The zero-order chi connectivity index (χ0) is 27.2. The second kappa shape index (κ2) is 12.3. The molecule has 1 heterocycles. The minimum Gasteiger partial charge on any atom is -0.478 e. The minimum absolute atomic E-state index is 0.0118. The highest BCUT2D eigenvalue weighted by molar-refractivity contribution is 6.01. The molecule has 3 aromatic rings. The molecule has 3 aromatic carbocycles. The summed E-state index contributed by atoms with van der Waals surface area (Å²) in [5.74, 6) is -1.05. The molecule has 0 spiro atoms. The molecule has 1 aliphatic rings. The number of rotatable bonds is 7. The van der Waals surface area contributed by atoms with Crippen LogP contribution >= 0.6 is 0 Å². The summed E-state index contributed by atoms with van der Waals surface area (Å²) in [6, 6.07) is 22.2. The first kappa shape index (κ1) is 27.5. The molecule has 3 atom stereocenters. The first-order chi connectivity index (χ1) is 18.3. The van der Waals surface area contributed by atoms with E-state index in [1.807, 2.05) is 74.6 Å². The summed E-state index contributed by atoms with van der Waals surface area (Å²) in [5.41, 5.74) is 4.73. The molecule has 0 radical (unpaired) electrons. The van der Waals surface area contributed by atoms with Gasteiger partial charge in [0.15, 0.2) is 0 Å². The van der Waals surface area contributed by atoms with Crippen molar-refractivity contribution in [2.45, 2.75) is 39.1 Å². The van der Waals surface area contributed by atoms with Crippen molar-refractivity contribution in [2.24, 2.45) is 5.92 Å². The van der Waals surface area contributed by atoms with Crippen molar-refractivity contribution in [3.05, 3.63) is 95.1 Å². The number of amides is 1. The third-order valence-corrected chi connectivity index (χ3v) is 7.24. The van der Waals surface area contributed by atoms with Crippen molar-refractivity contribution >= 4 is 11.9 Å². The molecular weight excluding hydrogens is 480 g/mol. The molecule has 0 bridgehead atoms. The average molecular weight is 517 g/mol. The van der Waals surface area contributed by atoms with Gasteiger partial charge in [0.1, 0.15) is 0 Å². The van der Waals surface area contributed by atoms with E-state index in [4.69, 9.17) is 9.84 Å². The SMILES string of the molecule is C[C@H](CO)N1C[C@H](C)[C@@H](CN(C)Cc2ccc(C(=O)O)cc2)OCc2ccccc2-c2ccccc2C1=O. The number of aliphatic hydroxyl groups is 1. The molecule has 0 saturated heterocycles. The summed E-state index contributed by atoms with van der Waals surface area (Å²) < 4.78 is 6.56. The number of likely N-dealkylation sites (N-methyl/N-ethyl adjacent to an activating group) is 1. The predicted molar refractivity (Wildman–Crippen MR) is 147 cm³/mol. The molecule has 7 heteroatoms. The van der Waals surface area contributed by atoms with Crippen LogP contribution in [0.3, 0.4) is 0 Å². The summed E-state index contributed by atoms with van der Waals surface area (Å²) in [6.07, 6.45) is -0.186. The van der Waals surface area contributed by atoms with Gasteiger partial charge in [-0.3, -0.25) is 9.69 Å². The number of hydrogen-bond donors (Lipinski definition) is 2. The van der Waals surface area contributed by atoms with E-state index >= 15 is 0 Å². The van der Waals surface area contributed by atoms with Crippen LogP contribution in [0.15, 0.2) is 72.8 Å². The lowest BCUT2D eigenvalue weighted by Crippen LogP contribution is -2.47. The number of ether oxygens (including phenoxy) is 1. The first-order valence-electron chi connectivity index (χ1n) is 13.0. The standard InChI is InChI=1S/C31H36N2O5/c1-21-16-33(22(2)19-34)30(35)28-11-7-6-10-27(28)26-9-5-4-8-25(26)20-38-29(21)18-32(3)17-23-12-14-24(15-13-23)31(36)37/h4-15,21-22,29,34H,16-20H2,1-3H3,(H,36,37)/t21-,22+,29+/m0/s1. The molecule has 0 saturated carbocycles. The fraction of sp³-hybridized carbons (Fsp3) is 0.355. The molecule has 1 amide bonds. The molecule has 38 heavy (non-hydrogen) atoms. The lowest BCUT2D eigenvalue weighted by Gasteiger charge is -2.35. The van der Waals surface area contributed by atoms with Crippen LogP contribution in [0.4, 0.5) is 0 Å². The van der Waals surface area contributed by atoms with Gasteiger partial charge in [-0.05, 0) is 54.4 Å². The molecule has 2 N–H and O–H groups in total. The molecule has 0 unspecified atom stereocenters. The maximum absolute atomic E-state index is 13.9. The normalized spacial score (nSPS) is 18.9. The van der Waals surface area contributed by atoms with Gasteiger partial charge < -0.3 is 19.8 Å². The molecule has 0 aliphatic carbocycles. The molecule has 1 aliphatic heterocycles. The fourth-order valence-electron chi connectivity index (χ4n) is 4.99. The van der Waals surface area contributed by atoms with Gasteiger partial charge in [0, 0.05) is 31.1 Å². The zero-order valence-corrected chi connectivity index (χ0v) is 22.2. The number of aliphatic hydroxyl groups excluding tert-OH is 1. The van der Waals surface area contributed by atoms with Crippen LogP contribution in [0.5, 0.6) is 0 Å². The van der Waals surface area contributed by atoms with E-state index in [9.17, 15) is 14.7 Å². The van der Waals surface area contributed by atoms with E-state index in [-0.39, 0.29) is 36.1 Å². The van der Waals surface area contributed by atoms with Crippen LogP contribution in [-0.4, -0.2) is 70.8 Å². The Morgan fingerprint density at radius 1 is 1.03 bits per heavy atom. The second-order valence-electron chi connectivity index (χ2n) is 10.2. The number of carbonyl (C=O) groups is 2. The van der Waals surface area contributed by atoms with Crippen molar-refractivity contribution in [2.75, 3.05) is 26.7 Å². The average Bonchev–Trinajstić information content (AvgIpc) is 2.94.